The van der Waals surface area contributed by atoms with E-state index in [1.165, 1.54) is 6.07 Å². The number of halogens is 1. The van der Waals surface area contributed by atoms with Crippen LogP contribution in [-0.4, -0.2) is 18.5 Å². The molecule has 0 heterocycles. The molecule has 0 aromatic heterocycles. The summed E-state index contributed by atoms with van der Waals surface area (Å²) in [5, 5.41) is 2.86. The van der Waals surface area contributed by atoms with E-state index in [2.05, 4.69) is 5.32 Å². The van der Waals surface area contributed by atoms with Gasteiger partial charge in [0.15, 0.2) is 0 Å². The van der Waals surface area contributed by atoms with Crippen LogP contribution in [0.2, 0.25) is 0 Å². The van der Waals surface area contributed by atoms with E-state index < -0.39 is 0 Å². The van der Waals surface area contributed by atoms with Gasteiger partial charge in [0.05, 0.1) is 0 Å². The SMILES string of the molecule is CC(N)CCCC(C)C(=O)NCCc1ccccc1F. The van der Waals surface area contributed by atoms with Crippen molar-refractivity contribution in [3.8, 4) is 0 Å². The van der Waals surface area contributed by atoms with Gasteiger partial charge in [0.25, 0.3) is 0 Å². The van der Waals surface area contributed by atoms with Crippen LogP contribution in [0.5, 0.6) is 0 Å². The van der Waals surface area contributed by atoms with Gasteiger partial charge in [-0.25, -0.2) is 4.39 Å². The first-order valence-corrected chi connectivity index (χ1v) is 7.27. The Labute approximate surface area is 120 Å². The lowest BCUT2D eigenvalue weighted by molar-refractivity contribution is -0.124. The Balaban J connectivity index is 2.24. The molecule has 1 aromatic rings. The molecule has 0 saturated carbocycles. The van der Waals surface area contributed by atoms with Crippen LogP contribution < -0.4 is 11.1 Å². The van der Waals surface area contributed by atoms with Crippen LogP contribution in [0.4, 0.5) is 4.39 Å². The molecular weight excluding hydrogens is 255 g/mol. The average molecular weight is 280 g/mol. The highest BCUT2D eigenvalue weighted by Gasteiger charge is 2.12. The van der Waals surface area contributed by atoms with Crippen molar-refractivity contribution >= 4 is 5.91 Å². The van der Waals surface area contributed by atoms with Gasteiger partial charge in [-0.15, -0.1) is 0 Å². The number of hydrogen-bond donors (Lipinski definition) is 2. The first-order chi connectivity index (χ1) is 9.50. The van der Waals surface area contributed by atoms with E-state index in [9.17, 15) is 9.18 Å². The first-order valence-electron chi connectivity index (χ1n) is 7.27. The van der Waals surface area contributed by atoms with E-state index in [1.807, 2.05) is 13.8 Å². The standard InChI is InChI=1S/C16H25FN2O/c1-12(6-5-7-13(2)18)16(20)19-11-10-14-8-3-4-9-15(14)17/h3-4,8-9,12-13H,5-7,10-11,18H2,1-2H3,(H,19,20). The van der Waals surface area contributed by atoms with Crippen LogP contribution >= 0.6 is 0 Å². The number of carbonyl (C=O) groups is 1. The predicted octanol–water partition coefficient (Wildman–Crippen LogP) is 2.64. The lowest BCUT2D eigenvalue weighted by Gasteiger charge is -2.13. The maximum Gasteiger partial charge on any atom is 0.222 e. The summed E-state index contributed by atoms with van der Waals surface area (Å²) in [5.41, 5.74) is 6.31. The van der Waals surface area contributed by atoms with Crippen molar-refractivity contribution in [2.24, 2.45) is 11.7 Å². The Morgan fingerprint density at radius 3 is 2.65 bits per heavy atom. The molecule has 2 atom stereocenters. The third-order valence-corrected chi connectivity index (χ3v) is 3.40. The van der Waals surface area contributed by atoms with Crippen LogP contribution in [0, 0.1) is 11.7 Å². The van der Waals surface area contributed by atoms with E-state index in [1.54, 1.807) is 18.2 Å². The van der Waals surface area contributed by atoms with Crippen molar-refractivity contribution in [1.82, 2.24) is 5.32 Å². The van der Waals surface area contributed by atoms with Gasteiger partial charge in [-0.1, -0.05) is 31.5 Å². The Kier molecular flexibility index (Phi) is 7.23. The molecule has 0 saturated heterocycles. The molecule has 0 spiro atoms. The summed E-state index contributed by atoms with van der Waals surface area (Å²) >= 11 is 0. The lowest BCUT2D eigenvalue weighted by atomic mass is 10.0. The Morgan fingerprint density at radius 2 is 2.00 bits per heavy atom. The molecule has 2 unspecified atom stereocenters. The predicted molar refractivity (Wildman–Crippen MR) is 79.8 cm³/mol. The molecule has 1 aromatic carbocycles. The monoisotopic (exact) mass is 280 g/mol. The summed E-state index contributed by atoms with van der Waals surface area (Å²) in [5.74, 6) is -0.202. The average Bonchev–Trinajstić information content (AvgIpc) is 2.40. The van der Waals surface area contributed by atoms with E-state index >= 15 is 0 Å². The van der Waals surface area contributed by atoms with Gasteiger partial charge < -0.3 is 11.1 Å². The second-order valence-corrected chi connectivity index (χ2v) is 5.44. The van der Waals surface area contributed by atoms with E-state index in [0.29, 0.717) is 18.5 Å². The topological polar surface area (TPSA) is 55.1 Å². The molecule has 0 aliphatic carbocycles. The van der Waals surface area contributed by atoms with Crippen molar-refractivity contribution in [3.63, 3.8) is 0 Å². The first kappa shape index (κ1) is 16.6. The molecule has 0 radical (unpaired) electrons. The number of rotatable bonds is 8. The Hall–Kier alpha value is -1.42. The number of carbonyl (C=O) groups excluding carboxylic acids is 1. The molecule has 1 amide bonds. The molecule has 3 nitrogen and oxygen atoms in total. The highest BCUT2D eigenvalue weighted by atomic mass is 19.1. The summed E-state index contributed by atoms with van der Waals surface area (Å²) in [6.07, 6.45) is 3.25. The van der Waals surface area contributed by atoms with Crippen molar-refractivity contribution in [2.75, 3.05) is 6.54 Å². The quantitative estimate of drug-likeness (QED) is 0.769. The normalized spacial score (nSPS) is 13.8. The van der Waals surface area contributed by atoms with Crippen molar-refractivity contribution in [2.45, 2.75) is 45.6 Å². The molecule has 3 N–H and O–H groups in total. The summed E-state index contributed by atoms with van der Waals surface area (Å²) < 4.78 is 13.4. The molecule has 0 aliphatic rings. The van der Waals surface area contributed by atoms with Gasteiger partial charge in [0.1, 0.15) is 5.82 Å². The summed E-state index contributed by atoms with van der Waals surface area (Å²) in [6.45, 7) is 4.36. The second-order valence-electron chi connectivity index (χ2n) is 5.44. The Bertz CT molecular complexity index is 421. The summed E-state index contributed by atoms with van der Waals surface area (Å²) in [7, 11) is 0. The molecule has 112 valence electrons. The van der Waals surface area contributed by atoms with E-state index in [4.69, 9.17) is 5.73 Å². The fraction of sp³-hybridized carbons (Fsp3) is 0.562. The van der Waals surface area contributed by atoms with Gasteiger partial charge in [0, 0.05) is 18.5 Å². The zero-order valence-electron chi connectivity index (χ0n) is 12.4. The summed E-state index contributed by atoms with van der Waals surface area (Å²) in [6, 6.07) is 6.84. The number of nitrogens with one attached hydrogen (secondary N) is 1. The van der Waals surface area contributed by atoms with Gasteiger partial charge >= 0.3 is 0 Å². The largest absolute Gasteiger partial charge is 0.356 e. The second kappa shape index (κ2) is 8.69. The maximum absolute atomic E-state index is 13.4. The van der Waals surface area contributed by atoms with Crippen LogP contribution in [-0.2, 0) is 11.2 Å². The minimum atomic E-state index is -0.216. The number of nitrogens with two attached hydrogens (primary N) is 1. The van der Waals surface area contributed by atoms with Gasteiger partial charge in [-0.3, -0.25) is 4.79 Å². The van der Waals surface area contributed by atoms with E-state index in [0.717, 1.165) is 19.3 Å². The third kappa shape index (κ3) is 6.15. The van der Waals surface area contributed by atoms with Gasteiger partial charge in [-0.2, -0.15) is 0 Å². The van der Waals surface area contributed by atoms with Crippen LogP contribution in [0.25, 0.3) is 0 Å². The lowest BCUT2D eigenvalue weighted by Crippen LogP contribution is -2.31. The van der Waals surface area contributed by atoms with E-state index in [-0.39, 0.29) is 23.7 Å². The molecule has 4 heteroatoms. The minimum absolute atomic E-state index is 0.0191. The fourth-order valence-corrected chi connectivity index (χ4v) is 2.07. The maximum atomic E-state index is 13.4. The molecular formula is C16H25FN2O. The molecule has 20 heavy (non-hydrogen) atoms. The Morgan fingerprint density at radius 1 is 1.30 bits per heavy atom. The van der Waals surface area contributed by atoms with Crippen molar-refractivity contribution in [1.29, 1.82) is 0 Å². The molecule has 0 fully saturated rings. The van der Waals surface area contributed by atoms with Crippen LogP contribution in [0.3, 0.4) is 0 Å². The van der Waals surface area contributed by atoms with Crippen LogP contribution in [0.15, 0.2) is 24.3 Å². The molecule has 0 aliphatic heterocycles. The minimum Gasteiger partial charge on any atom is -0.356 e. The number of amides is 1. The zero-order valence-corrected chi connectivity index (χ0v) is 12.4. The highest BCUT2D eigenvalue weighted by molar-refractivity contribution is 5.78. The highest BCUT2D eigenvalue weighted by Crippen LogP contribution is 2.10. The fourth-order valence-electron chi connectivity index (χ4n) is 2.07. The number of benzene rings is 1. The summed E-state index contributed by atoms with van der Waals surface area (Å²) in [4.78, 5) is 11.9. The van der Waals surface area contributed by atoms with Crippen molar-refractivity contribution < 1.29 is 9.18 Å². The number of hydrogen-bond acceptors (Lipinski definition) is 2. The van der Waals surface area contributed by atoms with Gasteiger partial charge in [0.2, 0.25) is 5.91 Å². The molecule has 0 bridgehead atoms. The molecule has 1 rings (SSSR count). The smallest absolute Gasteiger partial charge is 0.222 e. The van der Waals surface area contributed by atoms with Gasteiger partial charge in [-0.05, 0) is 37.8 Å². The van der Waals surface area contributed by atoms with Crippen molar-refractivity contribution in [3.05, 3.63) is 35.6 Å². The zero-order chi connectivity index (χ0) is 15.0. The van der Waals surface area contributed by atoms with Crippen LogP contribution in [0.1, 0.15) is 38.7 Å². The third-order valence-electron chi connectivity index (χ3n) is 3.40.